The molecule has 0 bridgehead atoms. The van der Waals surface area contributed by atoms with Crippen LogP contribution in [0.1, 0.15) is 31.4 Å². The monoisotopic (exact) mass is 399 g/mol. The SMILES string of the molecule is CC/C=C1/c2ccnc(Cl)c2CN1C(C)C(C=CC=O)=CNCC(F)(F)F. The highest BCUT2D eigenvalue weighted by Crippen LogP contribution is 2.38. The van der Waals surface area contributed by atoms with Crippen molar-refractivity contribution in [3.8, 4) is 0 Å². The molecule has 0 spiro atoms. The maximum absolute atomic E-state index is 12.4. The van der Waals surface area contributed by atoms with Crippen LogP contribution in [-0.4, -0.2) is 34.9 Å². The number of nitrogens with one attached hydrogen (secondary N) is 1. The first-order valence-electron chi connectivity index (χ1n) is 8.51. The predicted octanol–water partition coefficient (Wildman–Crippen LogP) is 4.48. The molecule has 0 saturated carbocycles. The van der Waals surface area contributed by atoms with Crippen molar-refractivity contribution in [3.05, 3.63) is 58.5 Å². The van der Waals surface area contributed by atoms with E-state index in [1.165, 1.54) is 18.4 Å². The summed E-state index contributed by atoms with van der Waals surface area (Å²) in [5.74, 6) is 0. The van der Waals surface area contributed by atoms with Crippen molar-refractivity contribution in [2.24, 2.45) is 0 Å². The number of hydrogen-bond donors (Lipinski definition) is 1. The number of carbonyl (C=O) groups is 1. The van der Waals surface area contributed by atoms with Gasteiger partial charge in [0, 0.05) is 35.8 Å². The lowest BCUT2D eigenvalue weighted by atomic mass is 10.1. The molecule has 146 valence electrons. The normalized spacial score (nSPS) is 17.5. The van der Waals surface area contributed by atoms with Gasteiger partial charge in [0.1, 0.15) is 18.0 Å². The van der Waals surface area contributed by atoms with Crippen LogP contribution < -0.4 is 5.32 Å². The van der Waals surface area contributed by atoms with Crippen LogP contribution in [0.3, 0.4) is 0 Å². The number of carbonyl (C=O) groups excluding carboxylic acids is 1. The summed E-state index contributed by atoms with van der Waals surface area (Å²) in [5, 5.41) is 2.69. The summed E-state index contributed by atoms with van der Waals surface area (Å²) in [5.41, 5.74) is 3.34. The maximum Gasteiger partial charge on any atom is 0.405 e. The third kappa shape index (κ3) is 5.35. The lowest BCUT2D eigenvalue weighted by Gasteiger charge is -2.29. The van der Waals surface area contributed by atoms with Crippen molar-refractivity contribution in [1.82, 2.24) is 15.2 Å². The Hall–Kier alpha value is -2.28. The highest BCUT2D eigenvalue weighted by molar-refractivity contribution is 6.30. The van der Waals surface area contributed by atoms with Crippen molar-refractivity contribution in [2.45, 2.75) is 39.0 Å². The lowest BCUT2D eigenvalue weighted by molar-refractivity contribution is -0.122. The minimum Gasteiger partial charge on any atom is -0.382 e. The summed E-state index contributed by atoms with van der Waals surface area (Å²) in [6.07, 6.45) is 4.79. The number of allylic oxidation sites excluding steroid dienone is 2. The summed E-state index contributed by atoms with van der Waals surface area (Å²) in [6.45, 7) is 3.21. The highest BCUT2D eigenvalue weighted by Gasteiger charge is 2.31. The zero-order chi connectivity index (χ0) is 20.0. The second-order valence-corrected chi connectivity index (χ2v) is 6.42. The molecule has 4 nitrogen and oxygen atoms in total. The van der Waals surface area contributed by atoms with Crippen LogP contribution in [-0.2, 0) is 11.3 Å². The Morgan fingerprint density at radius 3 is 2.85 bits per heavy atom. The molecule has 1 aliphatic rings. The Labute approximate surface area is 161 Å². The molecule has 2 rings (SSSR count). The Morgan fingerprint density at radius 2 is 2.22 bits per heavy atom. The fourth-order valence-corrected chi connectivity index (χ4v) is 3.17. The van der Waals surface area contributed by atoms with Gasteiger partial charge in [-0.1, -0.05) is 30.7 Å². The number of alkyl halides is 3. The number of halogens is 4. The predicted molar refractivity (Wildman–Crippen MR) is 99.9 cm³/mol. The maximum atomic E-state index is 12.4. The van der Waals surface area contributed by atoms with E-state index >= 15 is 0 Å². The standard InChI is InChI=1S/C19H21ClF3N3O/c1-3-5-17-15-7-8-25-18(20)16(15)11-26(17)13(2)14(6-4-9-27)10-24-12-19(21,22)23/h4-10,13,24H,3,11-12H2,1-2H3/b6-4?,14-10?,17-5-. The quantitative estimate of drug-likeness (QED) is 0.318. The molecule has 27 heavy (non-hydrogen) atoms. The molecule has 1 unspecified atom stereocenters. The van der Waals surface area contributed by atoms with Gasteiger partial charge in [-0.3, -0.25) is 4.79 Å². The van der Waals surface area contributed by atoms with Crippen LogP contribution in [0.5, 0.6) is 0 Å². The lowest BCUT2D eigenvalue weighted by Crippen LogP contribution is -2.31. The Bertz CT molecular complexity index is 772. The second-order valence-electron chi connectivity index (χ2n) is 6.06. The van der Waals surface area contributed by atoms with Gasteiger partial charge < -0.3 is 10.2 Å². The molecule has 2 heterocycles. The van der Waals surface area contributed by atoms with Crippen molar-refractivity contribution < 1.29 is 18.0 Å². The van der Waals surface area contributed by atoms with Crippen LogP contribution in [0.2, 0.25) is 5.15 Å². The number of hydrogen-bond acceptors (Lipinski definition) is 4. The number of fused-ring (bicyclic) bond motifs is 1. The highest BCUT2D eigenvalue weighted by atomic mass is 35.5. The van der Waals surface area contributed by atoms with Crippen LogP contribution in [0.4, 0.5) is 13.2 Å². The number of aldehydes is 1. The molecule has 1 N–H and O–H groups in total. The average Bonchev–Trinajstić information content (AvgIpc) is 2.97. The van der Waals surface area contributed by atoms with Gasteiger partial charge in [-0.15, -0.1) is 0 Å². The van der Waals surface area contributed by atoms with Crippen LogP contribution in [0, 0.1) is 0 Å². The first-order valence-corrected chi connectivity index (χ1v) is 8.88. The smallest absolute Gasteiger partial charge is 0.382 e. The zero-order valence-corrected chi connectivity index (χ0v) is 15.8. The van der Waals surface area contributed by atoms with E-state index in [2.05, 4.69) is 10.3 Å². The molecule has 1 aromatic rings. The topological polar surface area (TPSA) is 45.2 Å². The third-order valence-corrected chi connectivity index (χ3v) is 4.53. The molecular weight excluding hydrogens is 379 g/mol. The van der Waals surface area contributed by atoms with E-state index in [1.54, 1.807) is 6.20 Å². The van der Waals surface area contributed by atoms with Gasteiger partial charge in [0.15, 0.2) is 0 Å². The minimum absolute atomic E-state index is 0.289. The Morgan fingerprint density at radius 1 is 1.48 bits per heavy atom. The van der Waals surface area contributed by atoms with E-state index in [0.29, 0.717) is 23.6 Å². The Balaban J connectivity index is 2.33. The molecule has 0 aromatic carbocycles. The molecule has 0 saturated heterocycles. The fraction of sp³-hybridized carbons (Fsp3) is 0.368. The van der Waals surface area contributed by atoms with Crippen LogP contribution in [0.25, 0.3) is 5.70 Å². The number of aromatic nitrogens is 1. The number of pyridine rings is 1. The van der Waals surface area contributed by atoms with Gasteiger partial charge in [-0.25, -0.2) is 4.98 Å². The van der Waals surface area contributed by atoms with Crippen molar-refractivity contribution in [1.29, 1.82) is 0 Å². The summed E-state index contributed by atoms with van der Waals surface area (Å²) in [6, 6.07) is 1.59. The minimum atomic E-state index is -4.32. The van der Waals surface area contributed by atoms with Gasteiger partial charge in [0.2, 0.25) is 0 Å². The average molecular weight is 400 g/mol. The van der Waals surface area contributed by atoms with E-state index in [1.807, 2.05) is 30.9 Å². The van der Waals surface area contributed by atoms with Crippen LogP contribution in [0.15, 0.2) is 42.3 Å². The van der Waals surface area contributed by atoms with Crippen molar-refractivity contribution >= 4 is 23.6 Å². The van der Waals surface area contributed by atoms with E-state index in [0.717, 1.165) is 23.2 Å². The molecule has 0 fully saturated rings. The van der Waals surface area contributed by atoms with E-state index in [9.17, 15) is 18.0 Å². The summed E-state index contributed by atoms with van der Waals surface area (Å²) < 4.78 is 37.3. The molecule has 8 heteroatoms. The van der Waals surface area contributed by atoms with Gasteiger partial charge in [0.05, 0.1) is 6.04 Å². The molecule has 1 atom stereocenters. The van der Waals surface area contributed by atoms with Gasteiger partial charge in [0.25, 0.3) is 0 Å². The molecule has 1 aromatic heterocycles. The van der Waals surface area contributed by atoms with Gasteiger partial charge in [-0.2, -0.15) is 13.2 Å². The van der Waals surface area contributed by atoms with Crippen LogP contribution >= 0.6 is 11.6 Å². The molecular formula is C19H21ClF3N3O. The van der Waals surface area contributed by atoms with Gasteiger partial charge in [-0.05, 0) is 31.1 Å². The number of rotatable bonds is 7. The summed E-state index contributed by atoms with van der Waals surface area (Å²) in [7, 11) is 0. The Kier molecular flexibility index (Phi) is 7.07. The first kappa shape index (κ1) is 21.0. The third-order valence-electron chi connectivity index (χ3n) is 4.20. The van der Waals surface area contributed by atoms with Crippen molar-refractivity contribution in [3.63, 3.8) is 0 Å². The van der Waals surface area contributed by atoms with E-state index in [-0.39, 0.29) is 6.04 Å². The zero-order valence-electron chi connectivity index (χ0n) is 15.1. The molecule has 0 aliphatic carbocycles. The first-order chi connectivity index (χ1) is 12.8. The summed E-state index contributed by atoms with van der Waals surface area (Å²) in [4.78, 5) is 16.9. The molecule has 0 amide bonds. The van der Waals surface area contributed by atoms with E-state index in [4.69, 9.17) is 11.6 Å². The van der Waals surface area contributed by atoms with Crippen molar-refractivity contribution in [2.75, 3.05) is 6.54 Å². The second kappa shape index (κ2) is 9.08. The molecule has 0 radical (unpaired) electrons. The fourth-order valence-electron chi connectivity index (χ4n) is 2.96. The number of nitrogens with zero attached hydrogens (tertiary/aromatic N) is 2. The largest absolute Gasteiger partial charge is 0.405 e. The molecule has 1 aliphatic heterocycles. The van der Waals surface area contributed by atoms with Gasteiger partial charge >= 0.3 is 6.18 Å². The van der Waals surface area contributed by atoms with E-state index < -0.39 is 12.7 Å². The summed E-state index contributed by atoms with van der Waals surface area (Å²) >= 11 is 6.22.